The van der Waals surface area contributed by atoms with Gasteiger partial charge in [-0.3, -0.25) is 0 Å². The first-order chi connectivity index (χ1) is 4.70. The summed E-state index contributed by atoms with van der Waals surface area (Å²) in [6.07, 6.45) is 0. The molecule has 0 heterocycles. The number of hydrogen-bond acceptors (Lipinski definition) is 2. The number of rotatable bonds is 1. The van der Waals surface area contributed by atoms with E-state index in [4.69, 9.17) is 6.87 Å². The van der Waals surface area contributed by atoms with Gasteiger partial charge in [-0.15, -0.1) is 0 Å². The van der Waals surface area contributed by atoms with E-state index in [9.17, 15) is 0 Å². The average Bonchev–Trinajstić information content (AvgIpc) is 1.88. The topological polar surface area (TPSA) is 40.5 Å². The standard InChI is InChI=1S/C6H6BrIO2/c7-5-1-3-6(4-2-5)8(9)10/h1-4,9-10H. The number of hydrogen-bond donors (Lipinski definition) is 2. The zero-order valence-corrected chi connectivity index (χ0v) is 8.70. The van der Waals surface area contributed by atoms with Gasteiger partial charge in [-0.2, -0.15) is 0 Å². The van der Waals surface area contributed by atoms with Gasteiger partial charge in [0.2, 0.25) is 0 Å². The average molecular weight is 317 g/mol. The van der Waals surface area contributed by atoms with Crippen LogP contribution < -0.4 is 0 Å². The molecule has 0 atom stereocenters. The summed E-state index contributed by atoms with van der Waals surface area (Å²) in [6.45, 7) is 0. The van der Waals surface area contributed by atoms with Crippen molar-refractivity contribution in [2.45, 2.75) is 0 Å². The van der Waals surface area contributed by atoms with Crippen LogP contribution >= 0.6 is 36.6 Å². The Bertz CT molecular complexity index is 209. The van der Waals surface area contributed by atoms with Crippen molar-refractivity contribution in [3.8, 4) is 0 Å². The van der Waals surface area contributed by atoms with Crippen molar-refractivity contribution in [1.29, 1.82) is 0 Å². The SMILES string of the molecule is OI(O)c1ccc(Br)cc1. The van der Waals surface area contributed by atoms with E-state index < -0.39 is 20.6 Å². The first kappa shape index (κ1) is 8.45. The molecule has 2 N–H and O–H groups in total. The maximum absolute atomic E-state index is 8.81. The summed E-state index contributed by atoms with van der Waals surface area (Å²) in [4.78, 5) is 0. The molecule has 0 unspecified atom stereocenters. The van der Waals surface area contributed by atoms with Crippen molar-refractivity contribution in [1.82, 2.24) is 0 Å². The van der Waals surface area contributed by atoms with E-state index >= 15 is 0 Å². The predicted molar refractivity (Wildman–Crippen MR) is 51.3 cm³/mol. The summed E-state index contributed by atoms with van der Waals surface area (Å²) in [7, 11) is 0. The maximum atomic E-state index is 8.81. The van der Waals surface area contributed by atoms with Gasteiger partial charge in [0.25, 0.3) is 0 Å². The first-order valence-corrected chi connectivity index (χ1v) is 6.34. The molecule has 1 aromatic carbocycles. The van der Waals surface area contributed by atoms with Crippen LogP contribution in [-0.4, -0.2) is 6.87 Å². The molecular formula is C6H6BrIO2. The Hall–Kier alpha value is 0.350. The summed E-state index contributed by atoms with van der Waals surface area (Å²) in [5, 5.41) is 0. The van der Waals surface area contributed by atoms with Crippen LogP contribution in [0.15, 0.2) is 28.7 Å². The van der Waals surface area contributed by atoms with E-state index in [0.717, 1.165) is 4.47 Å². The molecule has 10 heavy (non-hydrogen) atoms. The molecule has 0 aliphatic carbocycles. The Balaban J connectivity index is 2.89. The van der Waals surface area contributed by atoms with Crippen molar-refractivity contribution in [3.63, 3.8) is 0 Å². The van der Waals surface area contributed by atoms with E-state index in [2.05, 4.69) is 15.9 Å². The summed E-state index contributed by atoms with van der Waals surface area (Å²) in [5.41, 5.74) is 0. The van der Waals surface area contributed by atoms with Crippen LogP contribution in [0.2, 0.25) is 0 Å². The van der Waals surface area contributed by atoms with Crippen molar-refractivity contribution < 1.29 is 6.87 Å². The van der Waals surface area contributed by atoms with Crippen LogP contribution in [0.4, 0.5) is 0 Å². The van der Waals surface area contributed by atoms with Gasteiger partial charge in [0.05, 0.1) is 0 Å². The third-order valence-electron chi connectivity index (χ3n) is 0.999. The molecule has 1 aromatic rings. The monoisotopic (exact) mass is 316 g/mol. The van der Waals surface area contributed by atoms with Gasteiger partial charge in [-0.25, -0.2) is 0 Å². The van der Waals surface area contributed by atoms with E-state index in [1.807, 2.05) is 0 Å². The van der Waals surface area contributed by atoms with Crippen LogP contribution in [0, 0.1) is 3.57 Å². The van der Waals surface area contributed by atoms with Crippen LogP contribution in [0.3, 0.4) is 0 Å². The zero-order chi connectivity index (χ0) is 7.56. The zero-order valence-electron chi connectivity index (χ0n) is 4.96. The van der Waals surface area contributed by atoms with Gasteiger partial charge >= 0.3 is 75.8 Å². The third kappa shape index (κ3) is 2.19. The fourth-order valence-corrected chi connectivity index (χ4v) is 1.81. The second-order valence-corrected chi connectivity index (χ2v) is 5.24. The predicted octanol–water partition coefficient (Wildman–Crippen LogP) is 1.94. The second-order valence-electron chi connectivity index (χ2n) is 1.68. The Kier molecular flexibility index (Phi) is 3.09. The normalized spacial score (nSPS) is 11.3. The van der Waals surface area contributed by atoms with Crippen molar-refractivity contribution >= 4 is 36.6 Å². The number of benzene rings is 1. The molecule has 4 heteroatoms. The minimum atomic E-state index is -2.72. The molecular weight excluding hydrogens is 311 g/mol. The Morgan fingerprint density at radius 3 is 2.00 bits per heavy atom. The molecule has 0 aliphatic rings. The Labute approximate surface area is 75.5 Å². The van der Waals surface area contributed by atoms with E-state index in [0.29, 0.717) is 3.57 Å². The van der Waals surface area contributed by atoms with Crippen molar-refractivity contribution in [2.24, 2.45) is 0 Å². The molecule has 0 amide bonds. The van der Waals surface area contributed by atoms with Gasteiger partial charge in [-0.05, 0) is 0 Å². The Morgan fingerprint density at radius 2 is 1.60 bits per heavy atom. The quantitative estimate of drug-likeness (QED) is 0.777. The molecule has 56 valence electrons. The van der Waals surface area contributed by atoms with Crippen molar-refractivity contribution in [2.75, 3.05) is 0 Å². The van der Waals surface area contributed by atoms with Crippen LogP contribution in [0.25, 0.3) is 0 Å². The fraction of sp³-hybridized carbons (Fsp3) is 0. The van der Waals surface area contributed by atoms with Gasteiger partial charge in [-0.1, -0.05) is 0 Å². The summed E-state index contributed by atoms with van der Waals surface area (Å²) in [5.74, 6) is 0. The molecule has 0 fully saturated rings. The fourth-order valence-electron chi connectivity index (χ4n) is 0.542. The molecule has 0 bridgehead atoms. The van der Waals surface area contributed by atoms with Crippen molar-refractivity contribution in [3.05, 3.63) is 32.3 Å². The minimum absolute atomic E-state index is 0.660. The van der Waals surface area contributed by atoms with Crippen LogP contribution in [0.1, 0.15) is 0 Å². The summed E-state index contributed by atoms with van der Waals surface area (Å²) in [6, 6.07) is 7.03. The molecule has 0 aromatic heterocycles. The van der Waals surface area contributed by atoms with Gasteiger partial charge in [0.15, 0.2) is 0 Å². The van der Waals surface area contributed by atoms with Gasteiger partial charge < -0.3 is 0 Å². The van der Waals surface area contributed by atoms with Gasteiger partial charge in [0.1, 0.15) is 0 Å². The number of halogens is 2. The van der Waals surface area contributed by atoms with E-state index in [1.165, 1.54) is 0 Å². The molecule has 0 saturated heterocycles. The molecule has 0 spiro atoms. The van der Waals surface area contributed by atoms with Crippen LogP contribution in [-0.2, 0) is 0 Å². The molecule has 1 rings (SSSR count). The first-order valence-electron chi connectivity index (χ1n) is 2.54. The van der Waals surface area contributed by atoms with Crippen LogP contribution in [0.5, 0.6) is 0 Å². The van der Waals surface area contributed by atoms with E-state index in [1.54, 1.807) is 24.3 Å². The van der Waals surface area contributed by atoms with Gasteiger partial charge in [0, 0.05) is 0 Å². The molecule has 2 nitrogen and oxygen atoms in total. The Morgan fingerprint density at radius 1 is 1.10 bits per heavy atom. The summed E-state index contributed by atoms with van der Waals surface area (Å²) < 4.78 is 19.2. The molecule has 0 radical (unpaired) electrons. The summed E-state index contributed by atoms with van der Waals surface area (Å²) >= 11 is 0.524. The molecule has 0 aliphatic heterocycles. The third-order valence-corrected chi connectivity index (χ3v) is 3.36. The second kappa shape index (κ2) is 3.66. The molecule has 0 saturated carbocycles. The van der Waals surface area contributed by atoms with E-state index in [-0.39, 0.29) is 0 Å².